The maximum atomic E-state index is 12.3. The number of morpholine rings is 1. The molecule has 0 spiro atoms. The molecule has 106 valence electrons. The van der Waals surface area contributed by atoms with Crippen molar-refractivity contribution in [3.63, 3.8) is 0 Å². The molecule has 0 radical (unpaired) electrons. The molecule has 1 amide bonds. The predicted molar refractivity (Wildman–Crippen MR) is 74.1 cm³/mol. The number of carbonyl (C=O) groups is 1. The number of halogens is 1. The van der Waals surface area contributed by atoms with Crippen molar-refractivity contribution in [1.29, 1.82) is 0 Å². The third-order valence-corrected chi connectivity index (χ3v) is 3.87. The maximum Gasteiger partial charge on any atom is 0.242 e. The number of likely N-dealkylation sites (tertiary alicyclic amines) is 1. The van der Waals surface area contributed by atoms with E-state index in [-0.39, 0.29) is 24.4 Å². The summed E-state index contributed by atoms with van der Waals surface area (Å²) in [4.78, 5) is 14.3. The van der Waals surface area contributed by atoms with Crippen LogP contribution in [0.15, 0.2) is 0 Å². The molecule has 0 aromatic rings. The number of amides is 1. The zero-order chi connectivity index (χ0) is 12.3. The Morgan fingerprint density at radius 3 is 2.78 bits per heavy atom. The van der Waals surface area contributed by atoms with Crippen LogP contribution in [0.2, 0.25) is 0 Å². The van der Waals surface area contributed by atoms with E-state index in [1.807, 2.05) is 4.90 Å². The van der Waals surface area contributed by atoms with Crippen molar-refractivity contribution in [1.82, 2.24) is 10.2 Å². The molecule has 2 heterocycles. The van der Waals surface area contributed by atoms with E-state index in [1.54, 1.807) is 0 Å². The van der Waals surface area contributed by atoms with Crippen LogP contribution in [0.3, 0.4) is 0 Å². The molecular formula is C13H25ClN2O2. The van der Waals surface area contributed by atoms with Crippen LogP contribution >= 0.6 is 12.4 Å². The smallest absolute Gasteiger partial charge is 0.242 e. The highest BCUT2D eigenvalue weighted by Crippen LogP contribution is 2.29. The number of rotatable bonds is 1. The van der Waals surface area contributed by atoms with Crippen LogP contribution in [0.4, 0.5) is 0 Å². The van der Waals surface area contributed by atoms with Gasteiger partial charge in [-0.15, -0.1) is 12.4 Å². The Morgan fingerprint density at radius 2 is 2.11 bits per heavy atom. The van der Waals surface area contributed by atoms with Crippen molar-refractivity contribution in [2.75, 3.05) is 32.8 Å². The Bertz CT molecular complexity index is 278. The van der Waals surface area contributed by atoms with E-state index >= 15 is 0 Å². The first-order chi connectivity index (χ1) is 8.08. The van der Waals surface area contributed by atoms with Crippen LogP contribution in [0, 0.1) is 5.41 Å². The first kappa shape index (κ1) is 15.7. The fourth-order valence-corrected chi connectivity index (χ4v) is 2.59. The molecule has 0 saturated carbocycles. The van der Waals surface area contributed by atoms with Gasteiger partial charge in [0.15, 0.2) is 0 Å². The molecule has 4 nitrogen and oxygen atoms in total. The molecule has 0 bridgehead atoms. The molecule has 1 unspecified atom stereocenters. The highest BCUT2D eigenvalue weighted by molar-refractivity contribution is 5.85. The van der Waals surface area contributed by atoms with Gasteiger partial charge in [0, 0.05) is 19.6 Å². The van der Waals surface area contributed by atoms with Crippen molar-refractivity contribution in [2.45, 2.75) is 39.2 Å². The standard InChI is InChI=1S/C13H24N2O2.ClH/c1-13(2)4-3-7-15(8-5-13)12(16)11-10-17-9-6-14-11;/h11,14H,3-10H2,1-2H3;1H. The molecule has 1 N–H and O–H groups in total. The van der Waals surface area contributed by atoms with Gasteiger partial charge in [-0.25, -0.2) is 0 Å². The Balaban J connectivity index is 0.00000162. The highest BCUT2D eigenvalue weighted by Gasteiger charge is 2.30. The van der Waals surface area contributed by atoms with E-state index in [0.29, 0.717) is 12.0 Å². The van der Waals surface area contributed by atoms with Gasteiger partial charge in [0.25, 0.3) is 0 Å². The van der Waals surface area contributed by atoms with E-state index < -0.39 is 0 Å². The first-order valence-corrected chi connectivity index (χ1v) is 6.68. The minimum absolute atomic E-state index is 0. The summed E-state index contributed by atoms with van der Waals surface area (Å²) in [6, 6.07) is -0.120. The molecule has 2 saturated heterocycles. The second-order valence-electron chi connectivity index (χ2n) is 5.92. The lowest BCUT2D eigenvalue weighted by Crippen LogP contribution is -2.52. The quantitative estimate of drug-likeness (QED) is 0.788. The van der Waals surface area contributed by atoms with Gasteiger partial charge < -0.3 is 15.0 Å². The van der Waals surface area contributed by atoms with Gasteiger partial charge in [0.1, 0.15) is 6.04 Å². The van der Waals surface area contributed by atoms with Crippen molar-refractivity contribution in [3.05, 3.63) is 0 Å². The van der Waals surface area contributed by atoms with Gasteiger partial charge in [0.2, 0.25) is 5.91 Å². The minimum atomic E-state index is -0.120. The lowest BCUT2D eigenvalue weighted by Gasteiger charge is -2.29. The Labute approximate surface area is 116 Å². The molecule has 0 aromatic heterocycles. The van der Waals surface area contributed by atoms with E-state index in [0.717, 1.165) is 39.1 Å². The second kappa shape index (κ2) is 6.73. The van der Waals surface area contributed by atoms with Crippen LogP contribution in [0.1, 0.15) is 33.1 Å². The largest absolute Gasteiger partial charge is 0.378 e. The highest BCUT2D eigenvalue weighted by atomic mass is 35.5. The number of ether oxygens (including phenoxy) is 1. The summed E-state index contributed by atoms with van der Waals surface area (Å²) in [5.74, 6) is 0.224. The van der Waals surface area contributed by atoms with E-state index in [2.05, 4.69) is 19.2 Å². The monoisotopic (exact) mass is 276 g/mol. The van der Waals surface area contributed by atoms with Crippen molar-refractivity contribution in [3.8, 4) is 0 Å². The molecular weight excluding hydrogens is 252 g/mol. The lowest BCUT2D eigenvalue weighted by atomic mass is 9.85. The molecule has 0 aromatic carbocycles. The molecule has 0 aliphatic carbocycles. The minimum Gasteiger partial charge on any atom is -0.378 e. The van der Waals surface area contributed by atoms with Crippen molar-refractivity contribution < 1.29 is 9.53 Å². The summed E-state index contributed by atoms with van der Waals surface area (Å²) in [7, 11) is 0. The molecule has 2 fully saturated rings. The second-order valence-corrected chi connectivity index (χ2v) is 5.92. The zero-order valence-corrected chi connectivity index (χ0v) is 12.2. The molecule has 1 atom stereocenters. The molecule has 2 aliphatic rings. The Hall–Kier alpha value is -0.320. The third kappa shape index (κ3) is 4.11. The predicted octanol–water partition coefficient (Wildman–Crippen LogP) is 1.44. The fourth-order valence-electron chi connectivity index (χ4n) is 2.59. The normalized spacial score (nSPS) is 28.1. The van der Waals surface area contributed by atoms with Crippen LogP contribution in [0.25, 0.3) is 0 Å². The SMILES string of the molecule is CC1(C)CCCN(C(=O)C2COCCN2)CC1.Cl. The lowest BCUT2D eigenvalue weighted by molar-refractivity contribution is -0.136. The van der Waals surface area contributed by atoms with E-state index in [4.69, 9.17) is 4.74 Å². The van der Waals surface area contributed by atoms with Crippen LogP contribution in [0.5, 0.6) is 0 Å². The number of hydrogen-bond donors (Lipinski definition) is 1. The first-order valence-electron chi connectivity index (χ1n) is 6.68. The van der Waals surface area contributed by atoms with Crippen molar-refractivity contribution >= 4 is 18.3 Å². The van der Waals surface area contributed by atoms with E-state index in [1.165, 1.54) is 6.42 Å². The average Bonchev–Trinajstić information content (AvgIpc) is 2.50. The zero-order valence-electron chi connectivity index (χ0n) is 11.4. The van der Waals surface area contributed by atoms with Crippen molar-refractivity contribution in [2.24, 2.45) is 5.41 Å². The summed E-state index contributed by atoms with van der Waals surface area (Å²) >= 11 is 0. The topological polar surface area (TPSA) is 41.6 Å². The number of nitrogens with zero attached hydrogens (tertiary/aromatic N) is 1. The van der Waals surface area contributed by atoms with Gasteiger partial charge in [-0.3, -0.25) is 4.79 Å². The summed E-state index contributed by atoms with van der Waals surface area (Å²) in [5, 5.41) is 3.24. The molecule has 2 rings (SSSR count). The maximum absolute atomic E-state index is 12.3. The Kier molecular flexibility index (Phi) is 5.89. The number of nitrogens with one attached hydrogen (secondary N) is 1. The van der Waals surface area contributed by atoms with Crippen LogP contribution in [-0.2, 0) is 9.53 Å². The summed E-state index contributed by atoms with van der Waals surface area (Å²) in [5.41, 5.74) is 0.380. The Morgan fingerprint density at radius 1 is 1.33 bits per heavy atom. The molecule has 2 aliphatic heterocycles. The van der Waals surface area contributed by atoms with Gasteiger partial charge in [-0.05, 0) is 24.7 Å². The van der Waals surface area contributed by atoms with E-state index in [9.17, 15) is 4.79 Å². The fraction of sp³-hybridized carbons (Fsp3) is 0.923. The number of hydrogen-bond acceptors (Lipinski definition) is 3. The third-order valence-electron chi connectivity index (χ3n) is 3.87. The number of carbonyl (C=O) groups excluding carboxylic acids is 1. The van der Waals surface area contributed by atoms with Gasteiger partial charge in [-0.1, -0.05) is 13.8 Å². The summed E-state index contributed by atoms with van der Waals surface area (Å²) in [6.07, 6.45) is 3.43. The van der Waals surface area contributed by atoms with Gasteiger partial charge in [-0.2, -0.15) is 0 Å². The molecule has 18 heavy (non-hydrogen) atoms. The van der Waals surface area contributed by atoms with Crippen LogP contribution < -0.4 is 5.32 Å². The van der Waals surface area contributed by atoms with Crippen LogP contribution in [-0.4, -0.2) is 49.7 Å². The molecule has 5 heteroatoms. The van der Waals surface area contributed by atoms with Gasteiger partial charge in [0.05, 0.1) is 13.2 Å². The average molecular weight is 277 g/mol. The summed E-state index contributed by atoms with van der Waals surface area (Å²) in [6.45, 7) is 8.42. The van der Waals surface area contributed by atoms with Gasteiger partial charge >= 0.3 is 0 Å². The summed E-state index contributed by atoms with van der Waals surface area (Å²) < 4.78 is 5.36.